The van der Waals surface area contributed by atoms with E-state index in [4.69, 9.17) is 15.5 Å². The summed E-state index contributed by atoms with van der Waals surface area (Å²) in [5.41, 5.74) is 4.96. The van der Waals surface area contributed by atoms with Crippen LogP contribution in [0.4, 0.5) is 33.5 Å². The van der Waals surface area contributed by atoms with Gasteiger partial charge in [-0.15, -0.1) is 0 Å². The van der Waals surface area contributed by atoms with E-state index in [1.165, 1.54) is 11.8 Å². The van der Waals surface area contributed by atoms with Crippen LogP contribution >= 0.6 is 0 Å². The van der Waals surface area contributed by atoms with Crippen molar-refractivity contribution >= 4 is 17.4 Å². The summed E-state index contributed by atoms with van der Waals surface area (Å²) >= 11 is 0. The highest BCUT2D eigenvalue weighted by Crippen LogP contribution is 2.47. The summed E-state index contributed by atoms with van der Waals surface area (Å²) in [7, 11) is 1.99. The van der Waals surface area contributed by atoms with Gasteiger partial charge in [0.1, 0.15) is 18.2 Å². The van der Waals surface area contributed by atoms with Gasteiger partial charge in [0.05, 0.1) is 35.5 Å². The molecule has 2 fully saturated rings. The number of amides is 1. The van der Waals surface area contributed by atoms with Crippen LogP contribution in [0.5, 0.6) is 6.01 Å². The Kier molecular flexibility index (Phi) is 9.45. The molecule has 0 saturated carbocycles. The maximum Gasteiger partial charge on any atom is 0.417 e. The maximum absolute atomic E-state index is 15.6. The summed E-state index contributed by atoms with van der Waals surface area (Å²) in [5, 5.41) is 9.47. The molecule has 2 aromatic rings. The van der Waals surface area contributed by atoms with Gasteiger partial charge >= 0.3 is 12.2 Å². The molecule has 3 aliphatic rings. The van der Waals surface area contributed by atoms with E-state index in [-0.39, 0.29) is 62.2 Å². The average molecular weight is 648 g/mol. The van der Waals surface area contributed by atoms with E-state index in [1.54, 1.807) is 6.92 Å². The Morgan fingerprint density at radius 2 is 1.96 bits per heavy atom. The number of nitrogens with zero attached hydrogens (tertiary/aromatic N) is 6. The van der Waals surface area contributed by atoms with Crippen molar-refractivity contribution in [2.75, 3.05) is 50.5 Å². The van der Waals surface area contributed by atoms with E-state index in [0.717, 1.165) is 25.5 Å². The lowest BCUT2D eigenvalue weighted by Gasteiger charge is -2.42. The Labute approximate surface area is 264 Å². The molecule has 1 aromatic carbocycles. The summed E-state index contributed by atoms with van der Waals surface area (Å²) in [5.74, 6) is -3.96. The molecule has 5 rings (SSSR count). The van der Waals surface area contributed by atoms with E-state index in [2.05, 4.69) is 22.5 Å². The molecule has 2 saturated heterocycles. The van der Waals surface area contributed by atoms with Crippen LogP contribution in [0.25, 0.3) is 0 Å². The first-order valence-electron chi connectivity index (χ1n) is 15.4. The second-order valence-corrected chi connectivity index (χ2v) is 12.6. The third-order valence-electron chi connectivity index (χ3n) is 9.53. The number of nitrogens with two attached hydrogens (primary N) is 1. The molecule has 1 aromatic heterocycles. The predicted octanol–water partition coefficient (Wildman–Crippen LogP) is 4.93. The largest absolute Gasteiger partial charge is 0.462 e. The number of rotatable bonds is 7. The Balaban J connectivity index is 1.56. The molecule has 248 valence electrons. The van der Waals surface area contributed by atoms with Gasteiger partial charge in [0.2, 0.25) is 0 Å². The number of hydrogen-bond donors (Lipinski definition) is 1. The van der Waals surface area contributed by atoms with Gasteiger partial charge in [-0.3, -0.25) is 4.79 Å². The number of aromatic nitrogens is 2. The fraction of sp³-hybridized carbons (Fsp3) is 0.562. The second kappa shape index (κ2) is 13.0. The lowest BCUT2D eigenvalue weighted by molar-refractivity contribution is -0.139. The van der Waals surface area contributed by atoms with Gasteiger partial charge in [0, 0.05) is 36.8 Å². The molecule has 9 nitrogen and oxygen atoms in total. The van der Waals surface area contributed by atoms with Crippen LogP contribution in [-0.4, -0.2) is 77.6 Å². The number of likely N-dealkylation sites (N-methyl/N-ethyl adjacent to an activating group) is 1. The van der Waals surface area contributed by atoms with E-state index in [0.29, 0.717) is 23.7 Å². The number of carbonyl (C=O) groups excluding carboxylic acids is 1. The van der Waals surface area contributed by atoms with Crippen LogP contribution in [0.3, 0.4) is 0 Å². The number of aryl methyl sites for hydroxylation is 1. The quantitative estimate of drug-likeness (QED) is 0.256. The predicted molar refractivity (Wildman–Crippen MR) is 161 cm³/mol. The zero-order valence-electron chi connectivity index (χ0n) is 26.1. The molecule has 2 N–H and O–H groups in total. The molecular weight excluding hydrogens is 609 g/mol. The highest BCUT2D eigenvalue weighted by Gasteiger charge is 2.43. The number of alkyl halides is 3. The number of hydrogen-bond acceptors (Lipinski definition) is 8. The maximum atomic E-state index is 15.6. The van der Waals surface area contributed by atoms with Crippen LogP contribution in [0, 0.1) is 30.0 Å². The number of likely N-dealkylation sites (tertiary alicyclic amines) is 1. The standard InChI is InChI=1S/C32H38F5N7O2/c1-17-12-23-25(14-22(17)26-27(32(35,36)37)18(2)13-24(39)28(26)34)40-31(46-16-21-6-5-9-42(21)4)41-29(23)43-10-11-44(30(45)19(3)33)20(15-43)7-8-38/h13,17,20-22H,3,5-7,9-12,14-16,39H2,1-2,4H3/t17-,20+,21+,22-/m1/s1. The van der Waals surface area contributed by atoms with Crippen molar-refractivity contribution < 1.29 is 31.5 Å². The zero-order chi connectivity index (χ0) is 33.5. The number of halogens is 5. The monoisotopic (exact) mass is 647 g/mol. The Morgan fingerprint density at radius 1 is 1.22 bits per heavy atom. The topological polar surface area (TPSA) is 112 Å². The molecule has 0 unspecified atom stereocenters. The van der Waals surface area contributed by atoms with Gasteiger partial charge in [-0.25, -0.2) is 8.78 Å². The smallest absolute Gasteiger partial charge is 0.417 e. The van der Waals surface area contributed by atoms with Crippen LogP contribution < -0.4 is 15.4 Å². The van der Waals surface area contributed by atoms with Crippen LogP contribution in [0.2, 0.25) is 0 Å². The number of piperazine rings is 1. The SMILES string of the molecule is C=C(F)C(=O)N1CCN(c2nc(OC[C@@H]3CCCN3C)nc3c2C[C@@H](C)[C@H](c2c(F)c(N)cc(C)c2C(F)(F)F)C3)C[C@@H]1CC#N. The number of benzene rings is 1. The summed E-state index contributed by atoms with van der Waals surface area (Å²) in [6.07, 6.45) is -2.71. The molecule has 1 amide bonds. The second-order valence-electron chi connectivity index (χ2n) is 12.6. The highest BCUT2D eigenvalue weighted by atomic mass is 19.4. The summed E-state index contributed by atoms with van der Waals surface area (Å²) in [6, 6.07) is 2.58. The lowest BCUT2D eigenvalue weighted by atomic mass is 9.73. The number of ether oxygens (including phenoxy) is 1. The summed E-state index contributed by atoms with van der Waals surface area (Å²) in [4.78, 5) is 27.2. The number of nitrogen functional groups attached to an aromatic ring is 1. The van der Waals surface area contributed by atoms with Crippen molar-refractivity contribution in [1.29, 1.82) is 5.26 Å². The van der Waals surface area contributed by atoms with E-state index in [9.17, 15) is 27.6 Å². The number of nitriles is 1. The molecule has 0 spiro atoms. The molecule has 0 bridgehead atoms. The van der Waals surface area contributed by atoms with Crippen molar-refractivity contribution in [2.45, 2.75) is 70.1 Å². The first-order valence-corrected chi connectivity index (χ1v) is 15.4. The van der Waals surface area contributed by atoms with Gasteiger partial charge in [-0.2, -0.15) is 28.4 Å². The Morgan fingerprint density at radius 3 is 2.59 bits per heavy atom. The van der Waals surface area contributed by atoms with Crippen LogP contribution in [-0.2, 0) is 23.8 Å². The summed E-state index contributed by atoms with van der Waals surface area (Å²) in [6.45, 7) is 7.86. The fourth-order valence-corrected chi connectivity index (χ4v) is 7.14. The van der Waals surface area contributed by atoms with Crippen molar-refractivity contribution in [1.82, 2.24) is 19.8 Å². The minimum absolute atomic E-state index is 0.0175. The van der Waals surface area contributed by atoms with Crippen molar-refractivity contribution in [3.05, 3.63) is 52.2 Å². The minimum Gasteiger partial charge on any atom is -0.462 e. The molecule has 0 radical (unpaired) electrons. The summed E-state index contributed by atoms with van der Waals surface area (Å²) < 4.78 is 78.5. The van der Waals surface area contributed by atoms with Gasteiger partial charge < -0.3 is 25.2 Å². The highest BCUT2D eigenvalue weighted by molar-refractivity contribution is 5.91. The van der Waals surface area contributed by atoms with E-state index in [1.807, 2.05) is 11.9 Å². The van der Waals surface area contributed by atoms with Gasteiger partial charge in [0.25, 0.3) is 5.91 Å². The minimum atomic E-state index is -4.80. The lowest BCUT2D eigenvalue weighted by Crippen LogP contribution is -2.55. The van der Waals surface area contributed by atoms with E-state index < -0.39 is 52.7 Å². The fourth-order valence-electron chi connectivity index (χ4n) is 7.14. The molecule has 14 heteroatoms. The molecule has 2 aliphatic heterocycles. The molecule has 46 heavy (non-hydrogen) atoms. The molecule has 4 atom stereocenters. The molecule has 1 aliphatic carbocycles. The van der Waals surface area contributed by atoms with Gasteiger partial charge in [-0.1, -0.05) is 13.5 Å². The van der Waals surface area contributed by atoms with Gasteiger partial charge in [0.15, 0.2) is 5.83 Å². The zero-order valence-corrected chi connectivity index (χ0v) is 26.1. The normalized spacial score (nSPS) is 23.6. The Hall–Kier alpha value is -3.99. The Bertz CT molecular complexity index is 1560. The van der Waals surface area contributed by atoms with E-state index >= 15 is 4.39 Å². The number of fused-ring (bicyclic) bond motifs is 1. The van der Waals surface area contributed by atoms with Crippen molar-refractivity contribution in [3.63, 3.8) is 0 Å². The third-order valence-corrected chi connectivity index (χ3v) is 9.53. The number of carbonyl (C=O) groups is 1. The van der Waals surface area contributed by atoms with Crippen LogP contribution in [0.1, 0.15) is 60.1 Å². The first-order chi connectivity index (χ1) is 21.7. The molecule has 3 heterocycles. The average Bonchev–Trinajstić information content (AvgIpc) is 3.40. The van der Waals surface area contributed by atoms with Crippen molar-refractivity contribution in [3.8, 4) is 12.1 Å². The third kappa shape index (κ3) is 6.47. The first kappa shape index (κ1) is 33.4. The van der Waals surface area contributed by atoms with Crippen LogP contribution in [0.15, 0.2) is 18.5 Å². The van der Waals surface area contributed by atoms with Crippen molar-refractivity contribution in [2.24, 2.45) is 5.92 Å². The van der Waals surface area contributed by atoms with Gasteiger partial charge in [-0.05, 0) is 69.7 Å². The molecular formula is C32H38F5N7O2. The number of anilines is 2.